The minimum absolute atomic E-state index is 0.0867. The number of amides is 1. The fourth-order valence-corrected chi connectivity index (χ4v) is 2.66. The summed E-state index contributed by atoms with van der Waals surface area (Å²) in [6, 6.07) is 10.5. The van der Waals surface area contributed by atoms with Crippen LogP contribution in [0, 0.1) is 5.82 Å². The fraction of sp³-hybridized carbons (Fsp3) is 0.235. The predicted molar refractivity (Wildman–Crippen MR) is 85.7 cm³/mol. The normalized spacial score (nSPS) is 13.2. The highest BCUT2D eigenvalue weighted by Crippen LogP contribution is 2.30. The number of hydrogen-bond donors (Lipinski definition) is 2. The topological polar surface area (TPSA) is 53.6 Å². The molecule has 0 fully saturated rings. The van der Waals surface area contributed by atoms with E-state index in [4.69, 9.17) is 4.74 Å². The van der Waals surface area contributed by atoms with Crippen LogP contribution in [0.1, 0.15) is 21.5 Å². The quantitative estimate of drug-likeness (QED) is 0.890. The van der Waals surface area contributed by atoms with E-state index in [1.807, 2.05) is 0 Å². The Hall–Kier alpha value is -2.60. The van der Waals surface area contributed by atoms with Crippen molar-refractivity contribution >= 4 is 11.6 Å². The number of ether oxygens (including phenoxy) is 1. The lowest BCUT2D eigenvalue weighted by Gasteiger charge is -2.13. The molecule has 1 aliphatic rings. The monoisotopic (exact) mass is 315 g/mol. The van der Waals surface area contributed by atoms with Gasteiger partial charge in [0.05, 0.1) is 12.2 Å². The molecule has 1 heterocycles. The molecule has 2 aromatic carbocycles. The van der Waals surface area contributed by atoms with Crippen LogP contribution < -0.4 is 15.5 Å². The molecule has 0 spiro atoms. The third kappa shape index (κ3) is 2.73. The highest BCUT2D eigenvalue weighted by atomic mass is 19.1. The molecule has 0 unspecified atom stereocenters. The molecule has 0 radical (unpaired) electrons. The summed E-state index contributed by atoms with van der Waals surface area (Å²) in [6.45, 7) is 0.533. The highest BCUT2D eigenvalue weighted by molar-refractivity contribution is 5.98. The SMILES string of the molecule is CNc1cccc(COc2cccc3c2CN(NC)C3=O)c1F. The van der Waals surface area contributed by atoms with Crippen molar-refractivity contribution in [3.05, 3.63) is 58.9 Å². The van der Waals surface area contributed by atoms with E-state index in [1.54, 1.807) is 50.5 Å². The van der Waals surface area contributed by atoms with Crippen molar-refractivity contribution in [3.8, 4) is 5.75 Å². The summed E-state index contributed by atoms with van der Waals surface area (Å²) in [6.07, 6.45) is 0. The molecule has 0 aliphatic carbocycles. The third-order valence-electron chi connectivity index (χ3n) is 3.93. The standard InChI is InChI=1S/C17H18FN3O2/c1-19-14-7-3-5-11(16(14)18)10-23-15-8-4-6-12-13(15)9-21(20-2)17(12)22/h3-8,19-20H,9-10H2,1-2H3. The van der Waals surface area contributed by atoms with Crippen LogP contribution in [0.5, 0.6) is 5.75 Å². The second-order valence-electron chi connectivity index (χ2n) is 5.21. The van der Waals surface area contributed by atoms with E-state index in [9.17, 15) is 9.18 Å². The Morgan fingerprint density at radius 3 is 2.74 bits per heavy atom. The fourth-order valence-electron chi connectivity index (χ4n) is 2.66. The molecule has 0 saturated heterocycles. The van der Waals surface area contributed by atoms with Gasteiger partial charge in [0.25, 0.3) is 5.91 Å². The number of nitrogens with zero attached hydrogens (tertiary/aromatic N) is 1. The van der Waals surface area contributed by atoms with Gasteiger partial charge in [-0.05, 0) is 18.2 Å². The largest absolute Gasteiger partial charge is 0.488 e. The summed E-state index contributed by atoms with van der Waals surface area (Å²) >= 11 is 0. The number of nitrogens with one attached hydrogen (secondary N) is 2. The van der Waals surface area contributed by atoms with Gasteiger partial charge < -0.3 is 10.1 Å². The molecule has 0 aromatic heterocycles. The van der Waals surface area contributed by atoms with Crippen LogP contribution in [0.4, 0.5) is 10.1 Å². The maximum atomic E-state index is 14.2. The smallest absolute Gasteiger partial charge is 0.268 e. The molecule has 1 amide bonds. The second kappa shape index (κ2) is 6.26. The summed E-state index contributed by atoms with van der Waals surface area (Å²) in [7, 11) is 3.37. The first-order chi connectivity index (χ1) is 11.2. The molecule has 120 valence electrons. The lowest BCUT2D eigenvalue weighted by Crippen LogP contribution is -2.34. The molecule has 23 heavy (non-hydrogen) atoms. The lowest BCUT2D eigenvalue weighted by atomic mass is 10.1. The maximum absolute atomic E-state index is 14.2. The number of halogens is 1. The Balaban J connectivity index is 1.82. The van der Waals surface area contributed by atoms with Crippen molar-refractivity contribution in [1.82, 2.24) is 10.4 Å². The summed E-state index contributed by atoms with van der Waals surface area (Å²) in [4.78, 5) is 12.1. The molecule has 3 rings (SSSR count). The number of hydrogen-bond acceptors (Lipinski definition) is 4. The van der Waals surface area contributed by atoms with Crippen LogP contribution >= 0.6 is 0 Å². The minimum Gasteiger partial charge on any atom is -0.488 e. The average Bonchev–Trinajstić information content (AvgIpc) is 2.91. The first-order valence-corrected chi connectivity index (χ1v) is 7.34. The molecule has 0 saturated carbocycles. The molecule has 0 bridgehead atoms. The van der Waals surface area contributed by atoms with Gasteiger partial charge in [-0.1, -0.05) is 18.2 Å². The molecule has 2 aromatic rings. The Morgan fingerprint density at radius 1 is 1.22 bits per heavy atom. The molecule has 1 aliphatic heterocycles. The zero-order chi connectivity index (χ0) is 16.4. The zero-order valence-corrected chi connectivity index (χ0v) is 13.0. The van der Waals surface area contributed by atoms with Gasteiger partial charge >= 0.3 is 0 Å². The van der Waals surface area contributed by atoms with Gasteiger partial charge in [-0.2, -0.15) is 0 Å². The highest BCUT2D eigenvalue weighted by Gasteiger charge is 2.29. The van der Waals surface area contributed by atoms with E-state index in [0.717, 1.165) is 5.56 Å². The number of rotatable bonds is 5. The molecular weight excluding hydrogens is 297 g/mol. The predicted octanol–water partition coefficient (Wildman–Crippen LogP) is 2.54. The van der Waals surface area contributed by atoms with Gasteiger partial charge in [-0.3, -0.25) is 9.80 Å². The van der Waals surface area contributed by atoms with E-state index >= 15 is 0 Å². The maximum Gasteiger partial charge on any atom is 0.268 e. The van der Waals surface area contributed by atoms with Crippen molar-refractivity contribution in [1.29, 1.82) is 0 Å². The van der Waals surface area contributed by atoms with Crippen molar-refractivity contribution < 1.29 is 13.9 Å². The number of carbonyl (C=O) groups excluding carboxylic acids is 1. The molecule has 5 nitrogen and oxygen atoms in total. The van der Waals surface area contributed by atoms with Crippen molar-refractivity contribution in [2.45, 2.75) is 13.2 Å². The van der Waals surface area contributed by atoms with Crippen LogP contribution in [0.3, 0.4) is 0 Å². The molecular formula is C17H18FN3O2. The number of anilines is 1. The average molecular weight is 315 g/mol. The van der Waals surface area contributed by atoms with Crippen LogP contribution in [0.2, 0.25) is 0 Å². The Bertz CT molecular complexity index is 749. The van der Waals surface area contributed by atoms with E-state index in [-0.39, 0.29) is 18.3 Å². The van der Waals surface area contributed by atoms with E-state index < -0.39 is 0 Å². The summed E-state index contributed by atoms with van der Waals surface area (Å²) in [5, 5.41) is 4.32. The lowest BCUT2D eigenvalue weighted by molar-refractivity contribution is 0.0706. The van der Waals surface area contributed by atoms with Crippen molar-refractivity contribution in [3.63, 3.8) is 0 Å². The Labute approximate surface area is 134 Å². The molecule has 0 atom stereocenters. The third-order valence-corrected chi connectivity index (χ3v) is 3.93. The first-order valence-electron chi connectivity index (χ1n) is 7.34. The van der Waals surface area contributed by atoms with Crippen molar-refractivity contribution in [2.24, 2.45) is 0 Å². The number of carbonyl (C=O) groups is 1. The van der Waals surface area contributed by atoms with Crippen LogP contribution in [-0.4, -0.2) is 25.0 Å². The summed E-state index contributed by atoms with van der Waals surface area (Å²) in [5.74, 6) is 0.190. The van der Waals surface area contributed by atoms with Gasteiger partial charge in [0.15, 0.2) is 5.82 Å². The van der Waals surface area contributed by atoms with Gasteiger partial charge in [-0.25, -0.2) is 9.82 Å². The van der Waals surface area contributed by atoms with Gasteiger partial charge in [0, 0.05) is 30.8 Å². The zero-order valence-electron chi connectivity index (χ0n) is 13.0. The number of benzene rings is 2. The molecule has 2 N–H and O–H groups in total. The number of fused-ring (bicyclic) bond motifs is 1. The van der Waals surface area contributed by atoms with Crippen LogP contribution in [-0.2, 0) is 13.2 Å². The van der Waals surface area contributed by atoms with E-state index in [1.165, 1.54) is 5.01 Å². The number of hydrazine groups is 1. The molecule has 6 heteroatoms. The van der Waals surface area contributed by atoms with E-state index in [2.05, 4.69) is 10.7 Å². The summed E-state index contributed by atoms with van der Waals surface area (Å²) in [5.41, 5.74) is 5.17. The Morgan fingerprint density at radius 2 is 2.00 bits per heavy atom. The Kier molecular flexibility index (Phi) is 4.16. The van der Waals surface area contributed by atoms with Gasteiger partial charge in [0.2, 0.25) is 0 Å². The van der Waals surface area contributed by atoms with Crippen LogP contribution in [0.25, 0.3) is 0 Å². The van der Waals surface area contributed by atoms with Gasteiger partial charge in [-0.15, -0.1) is 0 Å². The first kappa shape index (κ1) is 15.3. The minimum atomic E-state index is -0.324. The van der Waals surface area contributed by atoms with Crippen molar-refractivity contribution in [2.75, 3.05) is 19.4 Å². The van der Waals surface area contributed by atoms with Gasteiger partial charge in [0.1, 0.15) is 12.4 Å². The van der Waals surface area contributed by atoms with Crippen LogP contribution in [0.15, 0.2) is 36.4 Å². The van der Waals surface area contributed by atoms with E-state index in [0.29, 0.717) is 29.1 Å². The summed E-state index contributed by atoms with van der Waals surface area (Å²) < 4.78 is 20.0. The second-order valence-corrected chi connectivity index (χ2v) is 5.21.